The molecule has 4 aliphatic rings. The fourth-order valence-corrected chi connectivity index (χ4v) is 14.9. The molecule has 412 valence electrons. The number of fused-ring (bicyclic) bond motifs is 6. The van der Waals surface area contributed by atoms with Crippen molar-refractivity contribution in [2.24, 2.45) is 0 Å². The van der Waals surface area contributed by atoms with Gasteiger partial charge in [-0.2, -0.15) is 0 Å². The molecule has 9 aromatic rings. The van der Waals surface area contributed by atoms with E-state index in [0.717, 1.165) is 19.3 Å². The van der Waals surface area contributed by atoms with Gasteiger partial charge in [-0.1, -0.05) is 243 Å². The molecule has 0 amide bonds. The molecule has 0 radical (unpaired) electrons. The summed E-state index contributed by atoms with van der Waals surface area (Å²) in [5.74, 6) is 0.270. The Kier molecular flexibility index (Phi) is 12.6. The van der Waals surface area contributed by atoms with E-state index >= 15 is 0 Å². The van der Waals surface area contributed by atoms with Crippen LogP contribution in [-0.2, 0) is 32.5 Å². The number of benzene rings is 9. The molecule has 2 nitrogen and oxygen atoms in total. The second kappa shape index (κ2) is 19.1. The van der Waals surface area contributed by atoms with Crippen LogP contribution in [0.2, 0.25) is 0 Å². The maximum Gasteiger partial charge on any atom is 0.252 e. The molecule has 0 unspecified atom stereocenters. The van der Waals surface area contributed by atoms with E-state index in [2.05, 4.69) is 301 Å². The summed E-state index contributed by atoms with van der Waals surface area (Å²) in [6.45, 7) is 34.2. The van der Waals surface area contributed by atoms with Crippen molar-refractivity contribution in [3.63, 3.8) is 0 Å². The highest BCUT2D eigenvalue weighted by Gasteiger charge is 2.48. The van der Waals surface area contributed by atoms with Crippen molar-refractivity contribution in [1.82, 2.24) is 0 Å². The molecule has 2 aliphatic heterocycles. The normalized spacial score (nSPS) is 17.1. The molecule has 0 N–H and O–H groups in total. The van der Waals surface area contributed by atoms with E-state index < -0.39 is 0 Å². The average Bonchev–Trinajstić information content (AvgIpc) is 2.26. The van der Waals surface area contributed by atoms with Crippen molar-refractivity contribution in [1.29, 1.82) is 0 Å². The highest BCUT2D eigenvalue weighted by molar-refractivity contribution is 7.00. The minimum atomic E-state index is -0.267. The summed E-state index contributed by atoms with van der Waals surface area (Å²) in [5, 5.41) is 0. The van der Waals surface area contributed by atoms with Gasteiger partial charge in [0.2, 0.25) is 0 Å². The van der Waals surface area contributed by atoms with E-state index in [4.69, 9.17) is 0 Å². The fourth-order valence-electron chi connectivity index (χ4n) is 14.9. The molecular formula is C79H83BN2. The van der Waals surface area contributed by atoms with Gasteiger partial charge in [-0.05, 0) is 185 Å². The molecule has 2 aliphatic carbocycles. The zero-order valence-electron chi connectivity index (χ0n) is 51.4. The number of anilines is 6. The lowest BCUT2D eigenvalue weighted by atomic mass is 9.32. The van der Waals surface area contributed by atoms with Crippen molar-refractivity contribution < 1.29 is 0 Å². The van der Waals surface area contributed by atoms with Gasteiger partial charge in [0.25, 0.3) is 6.71 Å². The van der Waals surface area contributed by atoms with Crippen molar-refractivity contribution in [3.8, 4) is 22.3 Å². The van der Waals surface area contributed by atoms with Gasteiger partial charge in [-0.25, -0.2) is 0 Å². The van der Waals surface area contributed by atoms with Gasteiger partial charge >= 0.3 is 0 Å². The number of nitrogens with zero attached hydrogens (tertiary/aromatic N) is 2. The smallest absolute Gasteiger partial charge is 0.252 e. The van der Waals surface area contributed by atoms with Crippen LogP contribution in [-0.4, -0.2) is 6.71 Å². The van der Waals surface area contributed by atoms with Crippen LogP contribution in [0.4, 0.5) is 34.1 Å². The van der Waals surface area contributed by atoms with Gasteiger partial charge in [0.15, 0.2) is 0 Å². The third-order valence-electron chi connectivity index (χ3n) is 20.8. The van der Waals surface area contributed by atoms with Gasteiger partial charge in [-0.3, -0.25) is 0 Å². The van der Waals surface area contributed by atoms with Crippen LogP contribution in [0.1, 0.15) is 179 Å². The SMILES string of the molecule is CC(C)c1cc2c3c(c1)N(c1ccc(C(C)(C)c4ccccc4)cc1-c1ccc(-c4ccccc4)cc1)c1ccc(C(C)(C)c4ccccc4)cc1B3c1cc3c(cc1N2c1ccc2c(c1)C(C)(C)CCC2(C)C)C(C)(C)CCC3(C)C. The molecule has 0 saturated heterocycles. The minimum Gasteiger partial charge on any atom is -0.311 e. The Morgan fingerprint density at radius 2 is 0.817 bits per heavy atom. The van der Waals surface area contributed by atoms with Gasteiger partial charge in [0, 0.05) is 44.8 Å². The molecule has 0 aromatic heterocycles. The average molecular weight is 1070 g/mol. The second-order valence-electron chi connectivity index (χ2n) is 28.9. The zero-order valence-corrected chi connectivity index (χ0v) is 51.4. The van der Waals surface area contributed by atoms with Gasteiger partial charge in [-0.15, -0.1) is 0 Å². The lowest BCUT2D eigenvalue weighted by molar-refractivity contribution is 0.332. The second-order valence-corrected chi connectivity index (χ2v) is 28.9. The Bertz CT molecular complexity index is 3950. The fraction of sp³-hybridized carbons (Fsp3) is 0.316. The molecule has 9 aromatic carbocycles. The maximum atomic E-state index is 2.74. The first-order chi connectivity index (χ1) is 39.0. The van der Waals surface area contributed by atoms with Crippen molar-refractivity contribution in [3.05, 3.63) is 244 Å². The zero-order chi connectivity index (χ0) is 57.5. The van der Waals surface area contributed by atoms with E-state index in [-0.39, 0.29) is 45.1 Å². The largest absolute Gasteiger partial charge is 0.311 e. The third-order valence-corrected chi connectivity index (χ3v) is 20.8. The number of hydrogen-bond acceptors (Lipinski definition) is 2. The minimum absolute atomic E-state index is 0.0116. The predicted octanol–water partition coefficient (Wildman–Crippen LogP) is 19.6. The van der Waals surface area contributed by atoms with Gasteiger partial charge < -0.3 is 9.80 Å². The monoisotopic (exact) mass is 1070 g/mol. The van der Waals surface area contributed by atoms with E-state index in [9.17, 15) is 0 Å². The molecule has 13 rings (SSSR count). The topological polar surface area (TPSA) is 6.48 Å². The van der Waals surface area contributed by atoms with Crippen molar-refractivity contribution in [2.45, 2.75) is 161 Å². The molecule has 0 atom stereocenters. The van der Waals surface area contributed by atoms with E-state index in [1.54, 1.807) is 0 Å². The quantitative estimate of drug-likeness (QED) is 0.133. The first kappa shape index (κ1) is 53.9. The first-order valence-electron chi connectivity index (χ1n) is 30.6. The van der Waals surface area contributed by atoms with Crippen LogP contribution < -0.4 is 26.2 Å². The molecule has 0 saturated carbocycles. The van der Waals surface area contributed by atoms with Crippen LogP contribution in [0, 0.1) is 0 Å². The maximum absolute atomic E-state index is 2.74. The van der Waals surface area contributed by atoms with Crippen LogP contribution >= 0.6 is 0 Å². The molecule has 3 heteroatoms. The van der Waals surface area contributed by atoms with Gasteiger partial charge in [0.1, 0.15) is 0 Å². The summed E-state index contributed by atoms with van der Waals surface area (Å²) in [6.07, 6.45) is 4.66. The Balaban J connectivity index is 1.14. The van der Waals surface area contributed by atoms with Crippen LogP contribution in [0.3, 0.4) is 0 Å². The standard InChI is InChI=1S/C79H83BN2/c1-51(2)55-44-71-73-72(45-55)82(68-38-34-58(78(11,12)56-26-20-16-21-27-56)46-61(68)54-32-30-53(31-33-54)52-24-18-15-19-25-52)69-39-35-59(79(13,14)57-28-22-17-23-29-57)47-66(69)80(73)67-49-64-65(77(9,10)43-42-76(64,7)8)50-70(67)81(71)60-36-37-62-63(48-60)75(5,6)41-40-74(62,3)4/h15-39,44-51H,40-43H2,1-14H3. The summed E-state index contributed by atoms with van der Waals surface area (Å²) in [5.41, 5.74) is 28.7. The predicted molar refractivity (Wildman–Crippen MR) is 353 cm³/mol. The van der Waals surface area contributed by atoms with Gasteiger partial charge in [0.05, 0.1) is 5.69 Å². The van der Waals surface area contributed by atoms with E-state index in [0.29, 0.717) is 0 Å². The molecule has 0 spiro atoms. The molecule has 82 heavy (non-hydrogen) atoms. The van der Waals surface area contributed by atoms with Crippen LogP contribution in [0.5, 0.6) is 0 Å². The summed E-state index contributed by atoms with van der Waals surface area (Å²) in [6, 6.07) is 75.6. The summed E-state index contributed by atoms with van der Waals surface area (Å²) in [4.78, 5) is 5.44. The molecule has 0 bridgehead atoms. The van der Waals surface area contributed by atoms with E-state index in [1.165, 1.54) is 129 Å². The lowest BCUT2D eigenvalue weighted by Gasteiger charge is -2.48. The molecular weight excluding hydrogens is 988 g/mol. The third kappa shape index (κ3) is 8.65. The highest BCUT2D eigenvalue weighted by atomic mass is 15.2. The Morgan fingerprint density at radius 1 is 0.366 bits per heavy atom. The molecule has 2 heterocycles. The Hall–Kier alpha value is -7.36. The summed E-state index contributed by atoms with van der Waals surface area (Å²) >= 11 is 0. The number of hydrogen-bond donors (Lipinski definition) is 0. The van der Waals surface area contributed by atoms with Crippen molar-refractivity contribution >= 4 is 57.2 Å². The van der Waals surface area contributed by atoms with Crippen LogP contribution in [0.25, 0.3) is 22.3 Å². The number of rotatable bonds is 9. The van der Waals surface area contributed by atoms with Crippen molar-refractivity contribution in [2.75, 3.05) is 9.80 Å². The Labute approximate surface area is 491 Å². The first-order valence-corrected chi connectivity index (χ1v) is 30.6. The highest BCUT2D eigenvalue weighted by Crippen LogP contribution is 2.54. The van der Waals surface area contributed by atoms with Crippen LogP contribution in [0.15, 0.2) is 194 Å². The summed E-state index contributed by atoms with van der Waals surface area (Å²) in [7, 11) is 0. The lowest BCUT2D eigenvalue weighted by Crippen LogP contribution is -2.62. The summed E-state index contributed by atoms with van der Waals surface area (Å²) < 4.78 is 0. The van der Waals surface area contributed by atoms with E-state index in [1.807, 2.05) is 0 Å². The molecule has 0 fully saturated rings. The Morgan fingerprint density at radius 3 is 1.38 bits per heavy atom.